The number of hydrogen-bond donors (Lipinski definition) is 2. The van der Waals surface area contributed by atoms with Gasteiger partial charge in [0.2, 0.25) is 0 Å². The van der Waals surface area contributed by atoms with Crippen LogP contribution in [0.4, 0.5) is 10.5 Å². The molecule has 1 aliphatic heterocycles. The highest BCUT2D eigenvalue weighted by Crippen LogP contribution is 2.11. The van der Waals surface area contributed by atoms with E-state index in [1.165, 1.54) is 11.8 Å². The summed E-state index contributed by atoms with van der Waals surface area (Å²) in [4.78, 5) is 24.7. The number of benzene rings is 1. The Hall–Kier alpha value is -1.92. The van der Waals surface area contributed by atoms with Crippen LogP contribution < -0.4 is 5.32 Å². The number of rotatable bonds is 2. The van der Waals surface area contributed by atoms with Gasteiger partial charge in [0.15, 0.2) is 5.78 Å². The summed E-state index contributed by atoms with van der Waals surface area (Å²) < 4.78 is 5.17. The third-order valence-corrected chi connectivity index (χ3v) is 3.08. The van der Waals surface area contributed by atoms with Crippen LogP contribution in [-0.2, 0) is 4.74 Å². The third-order valence-electron chi connectivity index (χ3n) is 3.08. The second-order valence-corrected chi connectivity index (χ2v) is 4.74. The van der Waals surface area contributed by atoms with Gasteiger partial charge in [0.25, 0.3) is 0 Å². The molecule has 2 rings (SSSR count). The van der Waals surface area contributed by atoms with E-state index < -0.39 is 6.10 Å². The monoisotopic (exact) mass is 278 g/mol. The summed E-state index contributed by atoms with van der Waals surface area (Å²) in [7, 11) is 0. The van der Waals surface area contributed by atoms with Crippen LogP contribution in [-0.4, -0.2) is 54.2 Å². The number of carbonyl (C=O) groups excluding carboxylic acids is 2. The zero-order valence-corrected chi connectivity index (χ0v) is 11.3. The minimum atomic E-state index is -0.664. The predicted molar refractivity (Wildman–Crippen MR) is 73.9 cm³/mol. The van der Waals surface area contributed by atoms with E-state index >= 15 is 0 Å². The minimum absolute atomic E-state index is 0.0179. The lowest BCUT2D eigenvalue weighted by atomic mass is 10.1. The summed E-state index contributed by atoms with van der Waals surface area (Å²) in [6.45, 7) is 2.84. The molecule has 20 heavy (non-hydrogen) atoms. The summed E-state index contributed by atoms with van der Waals surface area (Å²) in [5, 5.41) is 12.3. The Bertz CT molecular complexity index is 486. The van der Waals surface area contributed by atoms with Gasteiger partial charge < -0.3 is 20.1 Å². The molecule has 1 atom stereocenters. The highest BCUT2D eigenvalue weighted by Gasteiger charge is 2.20. The first-order valence-corrected chi connectivity index (χ1v) is 6.49. The molecule has 1 aliphatic rings. The number of nitrogens with zero attached hydrogens (tertiary/aromatic N) is 1. The zero-order chi connectivity index (χ0) is 14.5. The lowest BCUT2D eigenvalue weighted by Crippen LogP contribution is -2.40. The Morgan fingerprint density at radius 2 is 2.05 bits per heavy atom. The van der Waals surface area contributed by atoms with E-state index in [-0.39, 0.29) is 25.0 Å². The maximum absolute atomic E-state index is 12.1. The molecule has 1 aromatic carbocycles. The average molecular weight is 278 g/mol. The van der Waals surface area contributed by atoms with Crippen molar-refractivity contribution in [2.24, 2.45) is 0 Å². The van der Waals surface area contributed by atoms with Gasteiger partial charge >= 0.3 is 6.03 Å². The second kappa shape index (κ2) is 6.49. The number of amides is 2. The van der Waals surface area contributed by atoms with Crippen LogP contribution in [0.1, 0.15) is 17.3 Å². The van der Waals surface area contributed by atoms with Gasteiger partial charge in [-0.2, -0.15) is 0 Å². The smallest absolute Gasteiger partial charge is 0.322 e. The van der Waals surface area contributed by atoms with Crippen molar-refractivity contribution in [3.05, 3.63) is 29.8 Å². The van der Waals surface area contributed by atoms with Gasteiger partial charge in [-0.15, -0.1) is 0 Å². The lowest BCUT2D eigenvalue weighted by molar-refractivity contribution is 0.0575. The number of carbonyl (C=O) groups is 2. The van der Waals surface area contributed by atoms with Crippen molar-refractivity contribution >= 4 is 17.5 Å². The van der Waals surface area contributed by atoms with Gasteiger partial charge in [-0.1, -0.05) is 0 Å². The zero-order valence-electron chi connectivity index (χ0n) is 11.3. The maximum Gasteiger partial charge on any atom is 0.322 e. The number of urea groups is 1. The number of hydrogen-bond acceptors (Lipinski definition) is 4. The van der Waals surface area contributed by atoms with E-state index in [4.69, 9.17) is 4.74 Å². The number of nitrogens with one attached hydrogen (secondary N) is 1. The van der Waals surface area contributed by atoms with Gasteiger partial charge in [0, 0.05) is 17.8 Å². The number of ketones is 1. The maximum atomic E-state index is 12.1. The van der Waals surface area contributed by atoms with Crippen molar-refractivity contribution in [3.63, 3.8) is 0 Å². The van der Waals surface area contributed by atoms with Crippen molar-refractivity contribution in [2.45, 2.75) is 13.0 Å². The Labute approximate surface area is 117 Å². The largest absolute Gasteiger partial charge is 0.389 e. The molecule has 1 fully saturated rings. The standard InChI is InChI=1S/C14H18N2O4/c1-10(17)11-2-4-12(5-3-11)15-14(19)16-6-7-20-9-13(18)8-16/h2-5,13,18H,6-9H2,1H3,(H,15,19). The van der Waals surface area contributed by atoms with Crippen molar-refractivity contribution in [1.82, 2.24) is 4.90 Å². The summed E-state index contributed by atoms with van der Waals surface area (Å²) in [6.07, 6.45) is -0.664. The van der Waals surface area contributed by atoms with Crippen LogP contribution >= 0.6 is 0 Å². The summed E-state index contributed by atoms with van der Waals surface area (Å²) in [5.74, 6) is -0.0179. The molecular formula is C14H18N2O4. The number of aliphatic hydroxyl groups is 1. The summed E-state index contributed by atoms with van der Waals surface area (Å²) >= 11 is 0. The first-order valence-electron chi connectivity index (χ1n) is 6.49. The van der Waals surface area contributed by atoms with Crippen LogP contribution in [0.2, 0.25) is 0 Å². The average Bonchev–Trinajstić information content (AvgIpc) is 2.64. The number of ether oxygens (including phenoxy) is 1. The van der Waals surface area contributed by atoms with E-state index in [0.717, 1.165) is 0 Å². The molecule has 1 aromatic rings. The first kappa shape index (κ1) is 14.5. The van der Waals surface area contributed by atoms with Crippen LogP contribution in [0.25, 0.3) is 0 Å². The van der Waals surface area contributed by atoms with Gasteiger partial charge in [0.05, 0.1) is 25.9 Å². The molecule has 6 nitrogen and oxygen atoms in total. The topological polar surface area (TPSA) is 78.9 Å². The first-order chi connectivity index (χ1) is 9.56. The molecule has 108 valence electrons. The van der Waals surface area contributed by atoms with Crippen LogP contribution in [0.15, 0.2) is 24.3 Å². The number of anilines is 1. The molecule has 1 unspecified atom stereocenters. The molecular weight excluding hydrogens is 260 g/mol. The third kappa shape index (κ3) is 3.79. The van der Waals surface area contributed by atoms with Crippen molar-refractivity contribution in [1.29, 1.82) is 0 Å². The number of aliphatic hydroxyl groups excluding tert-OH is 1. The second-order valence-electron chi connectivity index (χ2n) is 4.74. The Morgan fingerprint density at radius 1 is 1.35 bits per heavy atom. The van der Waals surface area contributed by atoms with Crippen molar-refractivity contribution < 1.29 is 19.4 Å². The van der Waals surface area contributed by atoms with Crippen molar-refractivity contribution in [2.75, 3.05) is 31.6 Å². The number of Topliss-reactive ketones (excluding diaryl/α,β-unsaturated/α-hetero) is 1. The summed E-state index contributed by atoms with van der Waals surface area (Å²) in [5.41, 5.74) is 1.21. The normalized spacial score (nSPS) is 19.3. The highest BCUT2D eigenvalue weighted by atomic mass is 16.5. The Morgan fingerprint density at radius 3 is 2.70 bits per heavy atom. The molecule has 0 spiro atoms. The van der Waals surface area contributed by atoms with Gasteiger partial charge in [0.1, 0.15) is 0 Å². The molecule has 0 aromatic heterocycles. The van der Waals surface area contributed by atoms with Crippen LogP contribution in [0.5, 0.6) is 0 Å². The van der Waals surface area contributed by atoms with Crippen LogP contribution in [0.3, 0.4) is 0 Å². The molecule has 0 bridgehead atoms. The fourth-order valence-electron chi connectivity index (χ4n) is 1.97. The molecule has 2 N–H and O–H groups in total. The van der Waals surface area contributed by atoms with E-state index in [1.807, 2.05) is 0 Å². The van der Waals surface area contributed by atoms with E-state index in [1.54, 1.807) is 24.3 Å². The highest BCUT2D eigenvalue weighted by molar-refractivity contribution is 5.95. The SMILES string of the molecule is CC(=O)c1ccc(NC(=O)N2CCOCC(O)C2)cc1. The lowest BCUT2D eigenvalue weighted by Gasteiger charge is -2.21. The fraction of sp³-hybridized carbons (Fsp3) is 0.429. The van der Waals surface area contributed by atoms with Gasteiger partial charge in [-0.3, -0.25) is 4.79 Å². The van der Waals surface area contributed by atoms with E-state index in [9.17, 15) is 14.7 Å². The minimum Gasteiger partial charge on any atom is -0.389 e. The molecule has 6 heteroatoms. The van der Waals surface area contributed by atoms with Crippen LogP contribution in [0, 0.1) is 0 Å². The van der Waals surface area contributed by atoms with E-state index in [2.05, 4.69) is 5.32 Å². The van der Waals surface area contributed by atoms with E-state index in [0.29, 0.717) is 24.4 Å². The number of β-amino-alcohol motifs (C(OH)–C–C–N with tert-alkyl or cyclic N) is 1. The Kier molecular flexibility index (Phi) is 4.70. The summed E-state index contributed by atoms with van der Waals surface area (Å²) in [6, 6.07) is 6.40. The molecule has 0 saturated carbocycles. The quantitative estimate of drug-likeness (QED) is 0.794. The molecule has 1 saturated heterocycles. The van der Waals surface area contributed by atoms with Gasteiger partial charge in [-0.05, 0) is 31.2 Å². The molecule has 1 heterocycles. The molecule has 2 amide bonds. The van der Waals surface area contributed by atoms with Gasteiger partial charge in [-0.25, -0.2) is 4.79 Å². The molecule has 0 aliphatic carbocycles. The molecule has 0 radical (unpaired) electrons. The van der Waals surface area contributed by atoms with Crippen molar-refractivity contribution in [3.8, 4) is 0 Å². The fourth-order valence-corrected chi connectivity index (χ4v) is 1.97. The Balaban J connectivity index is 1.97. The predicted octanol–water partition coefficient (Wildman–Crippen LogP) is 1.11.